The minimum absolute atomic E-state index is 0.288. The predicted octanol–water partition coefficient (Wildman–Crippen LogP) is 4.37. The summed E-state index contributed by atoms with van der Waals surface area (Å²) in [5.74, 6) is -2.02. The summed E-state index contributed by atoms with van der Waals surface area (Å²) >= 11 is 0. The van der Waals surface area contributed by atoms with Gasteiger partial charge in [0, 0.05) is 12.1 Å². The molecule has 0 spiro atoms. The predicted molar refractivity (Wildman–Crippen MR) is 118 cm³/mol. The van der Waals surface area contributed by atoms with E-state index in [1.165, 1.54) is 0 Å². The van der Waals surface area contributed by atoms with Gasteiger partial charge in [0.25, 0.3) is 20.0 Å². The zero-order chi connectivity index (χ0) is 25.1. The van der Waals surface area contributed by atoms with Gasteiger partial charge in [-0.25, -0.2) is 25.6 Å². The van der Waals surface area contributed by atoms with Crippen LogP contribution in [0.2, 0.25) is 0 Å². The molecule has 0 fully saturated rings. The van der Waals surface area contributed by atoms with E-state index in [9.17, 15) is 35.4 Å². The lowest BCUT2D eigenvalue weighted by atomic mass is 10.3. The van der Waals surface area contributed by atoms with E-state index >= 15 is 0 Å². The summed E-state index contributed by atoms with van der Waals surface area (Å²) in [7, 11) is -8.08. The normalized spacial score (nSPS) is 11.5. The highest BCUT2D eigenvalue weighted by atomic mass is 32.2. The molecule has 0 aliphatic rings. The largest absolute Gasteiger partial charge is 0.495 e. The fraction of sp³-hybridized carbons (Fsp3) is 0.0526. The fourth-order valence-corrected chi connectivity index (χ4v) is 5.20. The molecule has 0 aliphatic heterocycles. The molecule has 3 rings (SSSR count). The van der Waals surface area contributed by atoms with E-state index in [1.807, 2.05) is 9.44 Å². The lowest BCUT2D eigenvalue weighted by Gasteiger charge is -2.15. The van der Waals surface area contributed by atoms with Crippen LogP contribution in [-0.2, 0) is 20.0 Å². The molecule has 0 heterocycles. The molecule has 34 heavy (non-hydrogen) atoms. The number of anilines is 2. The lowest BCUT2D eigenvalue weighted by Crippen LogP contribution is -2.17. The van der Waals surface area contributed by atoms with E-state index in [0.29, 0.717) is 12.1 Å². The Hall–Kier alpha value is -3.98. The molecular weight excluding hydrogens is 498 g/mol. The number of halogens is 2. The molecule has 0 saturated heterocycles. The summed E-state index contributed by atoms with van der Waals surface area (Å²) in [6.45, 7) is 0. The molecule has 15 heteroatoms. The summed E-state index contributed by atoms with van der Waals surface area (Å²) in [6, 6.07) is 7.84. The van der Waals surface area contributed by atoms with Gasteiger partial charge in [-0.1, -0.05) is 0 Å². The summed E-state index contributed by atoms with van der Waals surface area (Å²) in [5.41, 5.74) is -1.80. The van der Waals surface area contributed by atoms with Crippen LogP contribution in [0.3, 0.4) is 0 Å². The number of hydrogen-bond donors (Lipinski definition) is 2. The van der Waals surface area contributed by atoms with E-state index in [2.05, 4.69) is 10.4 Å². The Morgan fingerprint density at radius 1 is 0.735 bits per heavy atom. The van der Waals surface area contributed by atoms with Crippen molar-refractivity contribution >= 4 is 42.8 Å². The second kappa shape index (κ2) is 9.48. The van der Waals surface area contributed by atoms with E-state index in [0.717, 1.165) is 49.6 Å². The first-order valence-electron chi connectivity index (χ1n) is 9.00. The van der Waals surface area contributed by atoms with Gasteiger partial charge in [0.05, 0.1) is 23.4 Å². The molecule has 0 aromatic heterocycles. The van der Waals surface area contributed by atoms with Gasteiger partial charge in [-0.05, 0) is 52.8 Å². The van der Waals surface area contributed by atoms with Crippen molar-refractivity contribution in [3.63, 3.8) is 0 Å². The highest BCUT2D eigenvalue weighted by Crippen LogP contribution is 2.33. The number of sulfonamides is 2. The van der Waals surface area contributed by atoms with Crippen molar-refractivity contribution in [2.75, 3.05) is 16.6 Å². The van der Waals surface area contributed by atoms with Crippen molar-refractivity contribution in [2.45, 2.75) is 9.79 Å². The third kappa shape index (κ3) is 5.15. The summed E-state index contributed by atoms with van der Waals surface area (Å²) < 4.78 is 87.6. The summed E-state index contributed by atoms with van der Waals surface area (Å²) in [6.07, 6.45) is 0. The number of rotatable bonds is 9. The van der Waals surface area contributed by atoms with E-state index in [-0.39, 0.29) is 5.75 Å². The van der Waals surface area contributed by atoms with Crippen LogP contribution >= 0.6 is 0 Å². The van der Waals surface area contributed by atoms with Crippen LogP contribution in [0.1, 0.15) is 0 Å². The molecule has 0 aliphatic carbocycles. The first kappa shape index (κ1) is 24.7. The molecular formula is C19H14F2N4O7S2. The number of nitrogens with one attached hydrogen (secondary N) is 2. The maximum Gasteiger partial charge on any atom is 0.265 e. The number of hydrogen-bond acceptors (Lipinski definition) is 9. The van der Waals surface area contributed by atoms with Crippen LogP contribution in [0, 0.1) is 21.4 Å². The third-order valence-electron chi connectivity index (χ3n) is 4.34. The van der Waals surface area contributed by atoms with Crippen molar-refractivity contribution in [3.8, 4) is 5.75 Å². The average Bonchev–Trinajstić information content (AvgIpc) is 2.78. The lowest BCUT2D eigenvalue weighted by molar-refractivity contribution is 0.402. The van der Waals surface area contributed by atoms with Crippen LogP contribution in [0.4, 0.5) is 31.5 Å². The number of nitrogens with zero attached hydrogens (tertiary/aromatic N) is 2. The molecule has 3 aromatic carbocycles. The van der Waals surface area contributed by atoms with Crippen molar-refractivity contribution in [1.82, 2.24) is 0 Å². The van der Waals surface area contributed by atoms with Gasteiger partial charge in [0.15, 0.2) is 0 Å². The monoisotopic (exact) mass is 512 g/mol. The topological polar surface area (TPSA) is 160 Å². The average molecular weight is 512 g/mol. The van der Waals surface area contributed by atoms with Crippen LogP contribution < -0.4 is 14.2 Å². The first-order chi connectivity index (χ1) is 16.0. The second-order valence-electron chi connectivity index (χ2n) is 6.53. The van der Waals surface area contributed by atoms with Gasteiger partial charge in [0.2, 0.25) is 0 Å². The SMILES string of the molecule is COc1ccc(S(=O)(=O)Nc2cc(F)ccc2N=O)cc1S(=O)(=O)Nc1cc(F)ccc1N=O. The Morgan fingerprint density at radius 2 is 1.24 bits per heavy atom. The van der Waals surface area contributed by atoms with Gasteiger partial charge in [0.1, 0.15) is 33.7 Å². The standard InChI is InChI=1S/C19H14F2N4O7S2/c1-32-18-7-4-13(33(28,29)24-16-8-11(20)2-5-14(16)22-26)10-19(18)34(30,31)25-17-9-12(21)3-6-15(17)23-27/h2-10,24-25H,1H3. The number of methoxy groups -OCH3 is 1. The van der Waals surface area contributed by atoms with Gasteiger partial charge in [-0.3, -0.25) is 9.44 Å². The Morgan fingerprint density at radius 3 is 1.71 bits per heavy atom. The quantitative estimate of drug-likeness (QED) is 0.402. The van der Waals surface area contributed by atoms with Gasteiger partial charge >= 0.3 is 0 Å². The molecule has 3 aromatic rings. The zero-order valence-corrected chi connectivity index (χ0v) is 18.7. The van der Waals surface area contributed by atoms with Crippen molar-refractivity contribution in [1.29, 1.82) is 0 Å². The number of benzene rings is 3. The molecule has 11 nitrogen and oxygen atoms in total. The number of nitroso groups, excluding NO2 is 2. The molecule has 2 N–H and O–H groups in total. The maximum absolute atomic E-state index is 13.6. The molecule has 0 saturated carbocycles. The molecule has 178 valence electrons. The summed E-state index contributed by atoms with van der Waals surface area (Å²) in [4.78, 5) is 20.6. The molecule has 0 radical (unpaired) electrons. The third-order valence-corrected chi connectivity index (χ3v) is 7.09. The fourth-order valence-electron chi connectivity index (χ4n) is 2.78. The molecule has 0 bridgehead atoms. The Balaban J connectivity index is 2.07. The first-order valence-corrected chi connectivity index (χ1v) is 12.0. The van der Waals surface area contributed by atoms with Crippen molar-refractivity contribution in [3.05, 3.63) is 76.0 Å². The Labute approximate surface area is 191 Å². The van der Waals surface area contributed by atoms with E-state index in [1.54, 1.807) is 0 Å². The number of ether oxygens (including phenoxy) is 1. The molecule has 0 atom stereocenters. The summed E-state index contributed by atoms with van der Waals surface area (Å²) in [5, 5.41) is 5.22. The van der Waals surface area contributed by atoms with Crippen LogP contribution in [-0.4, -0.2) is 23.9 Å². The minimum Gasteiger partial charge on any atom is -0.495 e. The van der Waals surface area contributed by atoms with E-state index < -0.39 is 64.2 Å². The highest BCUT2D eigenvalue weighted by molar-refractivity contribution is 7.93. The van der Waals surface area contributed by atoms with Crippen molar-refractivity contribution < 1.29 is 30.4 Å². The Kier molecular flexibility index (Phi) is 6.88. The smallest absolute Gasteiger partial charge is 0.265 e. The second-order valence-corrected chi connectivity index (χ2v) is 9.86. The molecule has 0 amide bonds. The van der Waals surface area contributed by atoms with E-state index in [4.69, 9.17) is 4.74 Å². The van der Waals surface area contributed by atoms with Crippen LogP contribution in [0.25, 0.3) is 0 Å². The van der Waals surface area contributed by atoms with Crippen LogP contribution in [0.15, 0.2) is 74.7 Å². The van der Waals surface area contributed by atoms with Crippen LogP contribution in [0.5, 0.6) is 5.75 Å². The maximum atomic E-state index is 13.6. The van der Waals surface area contributed by atoms with Crippen molar-refractivity contribution in [2.24, 2.45) is 10.4 Å². The molecule has 0 unspecified atom stereocenters. The Bertz CT molecular complexity index is 1500. The highest BCUT2D eigenvalue weighted by Gasteiger charge is 2.26. The minimum atomic E-state index is -4.64. The zero-order valence-electron chi connectivity index (χ0n) is 17.0. The van der Waals surface area contributed by atoms with Gasteiger partial charge < -0.3 is 4.74 Å². The van der Waals surface area contributed by atoms with Gasteiger partial charge in [-0.15, -0.1) is 9.81 Å². The van der Waals surface area contributed by atoms with Gasteiger partial charge in [-0.2, -0.15) is 0 Å².